The molecule has 1 atom stereocenters. The lowest BCUT2D eigenvalue weighted by Crippen LogP contribution is -2.26. The number of aliphatic carboxylic acids is 1. The first-order valence-corrected chi connectivity index (χ1v) is 11.0. The smallest absolute Gasteiger partial charge is 0.305 e. The number of carbonyl (C=O) groups excluding carboxylic acids is 1. The molecule has 1 unspecified atom stereocenters. The van der Waals surface area contributed by atoms with Crippen molar-refractivity contribution in [2.24, 2.45) is 10.2 Å². The lowest BCUT2D eigenvalue weighted by molar-refractivity contribution is -0.138. The molecule has 1 amide bonds. The highest BCUT2D eigenvalue weighted by molar-refractivity contribution is 8.15. The standard InChI is InChI=1S/C21H21N3O6S2/c1-28-12-7-8-15(30-3)17(9-12)31-16-6-4-5-14(29-2)13(16)11-22-24-21-23-20(27)18(32-21)10-19(25)26/h4-9,11,18H,10H2,1-3H3,(H,25,26)(H,23,24,27). The van der Waals surface area contributed by atoms with Gasteiger partial charge in [0.25, 0.3) is 0 Å². The fourth-order valence-corrected chi connectivity index (χ4v) is 4.77. The van der Waals surface area contributed by atoms with Crippen LogP contribution < -0.4 is 19.5 Å². The Bertz CT molecular complexity index is 1070. The number of amides is 1. The Kier molecular flexibility index (Phi) is 8.01. The number of carboxylic acid groups (broad SMARTS) is 1. The van der Waals surface area contributed by atoms with Crippen molar-refractivity contribution >= 4 is 46.8 Å². The van der Waals surface area contributed by atoms with E-state index in [4.69, 9.17) is 19.3 Å². The number of hydrogen-bond acceptors (Lipinski definition) is 9. The van der Waals surface area contributed by atoms with Crippen molar-refractivity contribution in [2.45, 2.75) is 21.5 Å². The van der Waals surface area contributed by atoms with Crippen molar-refractivity contribution < 1.29 is 28.9 Å². The number of hydrogen-bond donors (Lipinski definition) is 2. The molecule has 2 aromatic carbocycles. The zero-order valence-corrected chi connectivity index (χ0v) is 19.2. The summed E-state index contributed by atoms with van der Waals surface area (Å²) < 4.78 is 16.3. The first-order chi connectivity index (χ1) is 15.4. The van der Waals surface area contributed by atoms with Crippen molar-refractivity contribution in [1.82, 2.24) is 5.32 Å². The average Bonchev–Trinajstić information content (AvgIpc) is 3.12. The zero-order chi connectivity index (χ0) is 23.1. The molecule has 2 aromatic rings. The predicted octanol–water partition coefficient (Wildman–Crippen LogP) is 3.26. The Morgan fingerprint density at radius 3 is 2.62 bits per heavy atom. The van der Waals surface area contributed by atoms with Crippen LogP contribution in [-0.4, -0.2) is 54.9 Å². The maximum atomic E-state index is 11.9. The van der Waals surface area contributed by atoms with Crippen LogP contribution in [0.5, 0.6) is 17.2 Å². The Labute approximate surface area is 193 Å². The molecule has 0 aromatic heterocycles. The van der Waals surface area contributed by atoms with E-state index in [1.165, 1.54) is 18.0 Å². The van der Waals surface area contributed by atoms with E-state index in [9.17, 15) is 9.59 Å². The van der Waals surface area contributed by atoms with Gasteiger partial charge < -0.3 is 24.6 Å². The summed E-state index contributed by atoms with van der Waals surface area (Å²) in [6.45, 7) is 0. The highest BCUT2D eigenvalue weighted by Gasteiger charge is 2.32. The average molecular weight is 476 g/mol. The van der Waals surface area contributed by atoms with E-state index in [2.05, 4.69) is 15.5 Å². The molecule has 0 bridgehead atoms. The summed E-state index contributed by atoms with van der Waals surface area (Å²) in [6, 6.07) is 11.1. The highest BCUT2D eigenvalue weighted by atomic mass is 32.2. The van der Waals surface area contributed by atoms with Crippen molar-refractivity contribution in [2.75, 3.05) is 21.3 Å². The van der Waals surface area contributed by atoms with Crippen molar-refractivity contribution in [1.29, 1.82) is 0 Å². The Balaban J connectivity index is 1.87. The molecule has 1 heterocycles. The molecule has 1 aliphatic heterocycles. The van der Waals surface area contributed by atoms with E-state index in [1.54, 1.807) is 27.4 Å². The number of carboxylic acids is 1. The van der Waals surface area contributed by atoms with Gasteiger partial charge in [-0.15, -0.1) is 5.10 Å². The summed E-state index contributed by atoms with van der Waals surface area (Å²) in [5, 5.41) is 19.1. The molecule has 0 saturated carbocycles. The molecule has 0 radical (unpaired) electrons. The lowest BCUT2D eigenvalue weighted by atomic mass is 10.2. The normalized spacial score (nSPS) is 16.9. The zero-order valence-electron chi connectivity index (χ0n) is 17.5. The largest absolute Gasteiger partial charge is 0.497 e. The van der Waals surface area contributed by atoms with Crippen LogP contribution in [0.15, 0.2) is 56.4 Å². The monoisotopic (exact) mass is 475 g/mol. The van der Waals surface area contributed by atoms with Gasteiger partial charge in [0.2, 0.25) is 5.91 Å². The second-order valence-corrected chi connectivity index (χ2v) is 8.61. The van der Waals surface area contributed by atoms with Crippen LogP contribution in [-0.2, 0) is 9.59 Å². The van der Waals surface area contributed by atoms with Gasteiger partial charge in [0.15, 0.2) is 5.17 Å². The predicted molar refractivity (Wildman–Crippen MR) is 123 cm³/mol. The molecule has 168 valence electrons. The fourth-order valence-electron chi connectivity index (χ4n) is 2.78. The maximum absolute atomic E-state index is 11.9. The third-order valence-corrected chi connectivity index (χ3v) is 6.50. The van der Waals surface area contributed by atoms with Crippen LogP contribution in [0.1, 0.15) is 12.0 Å². The first-order valence-electron chi connectivity index (χ1n) is 9.32. The number of nitrogens with zero attached hydrogens (tertiary/aromatic N) is 2. The van der Waals surface area contributed by atoms with Gasteiger partial charge in [-0.2, -0.15) is 5.10 Å². The fraction of sp³-hybridized carbons (Fsp3) is 0.238. The number of carbonyl (C=O) groups is 2. The molecular weight excluding hydrogens is 454 g/mol. The third kappa shape index (κ3) is 5.74. The number of nitrogens with one attached hydrogen (secondary N) is 1. The van der Waals surface area contributed by atoms with Crippen LogP contribution in [0, 0.1) is 0 Å². The van der Waals surface area contributed by atoms with Gasteiger partial charge in [-0.25, -0.2) is 0 Å². The minimum absolute atomic E-state index is 0.246. The number of thioether (sulfide) groups is 1. The number of amidine groups is 1. The summed E-state index contributed by atoms with van der Waals surface area (Å²) >= 11 is 2.49. The minimum Gasteiger partial charge on any atom is -0.497 e. The summed E-state index contributed by atoms with van der Waals surface area (Å²) in [5.41, 5.74) is 0.686. The second-order valence-electron chi connectivity index (χ2n) is 6.33. The summed E-state index contributed by atoms with van der Waals surface area (Å²) in [5.74, 6) is 0.530. The molecule has 9 nitrogen and oxygen atoms in total. The quantitative estimate of drug-likeness (QED) is 0.419. The van der Waals surface area contributed by atoms with Gasteiger partial charge in [-0.1, -0.05) is 29.6 Å². The Hall–Kier alpha value is -3.18. The maximum Gasteiger partial charge on any atom is 0.305 e. The molecule has 1 saturated heterocycles. The number of methoxy groups -OCH3 is 3. The molecule has 11 heteroatoms. The lowest BCUT2D eigenvalue weighted by Gasteiger charge is -2.13. The van der Waals surface area contributed by atoms with Gasteiger partial charge in [0, 0.05) is 4.90 Å². The first kappa shape index (κ1) is 23.5. The van der Waals surface area contributed by atoms with Crippen molar-refractivity contribution in [3.05, 3.63) is 42.0 Å². The van der Waals surface area contributed by atoms with E-state index in [1.807, 2.05) is 30.3 Å². The molecule has 0 aliphatic carbocycles. The topological polar surface area (TPSA) is 119 Å². The van der Waals surface area contributed by atoms with E-state index in [0.717, 1.165) is 21.6 Å². The van der Waals surface area contributed by atoms with Gasteiger partial charge in [-0.05, 0) is 30.3 Å². The van der Waals surface area contributed by atoms with Gasteiger partial charge in [0.05, 0.1) is 44.4 Å². The second kappa shape index (κ2) is 10.9. The van der Waals surface area contributed by atoms with Crippen LogP contribution in [0.4, 0.5) is 0 Å². The molecule has 0 spiro atoms. The van der Waals surface area contributed by atoms with Gasteiger partial charge in [-0.3, -0.25) is 9.59 Å². The summed E-state index contributed by atoms with van der Waals surface area (Å²) in [6.07, 6.45) is 1.24. The minimum atomic E-state index is -1.05. The molecule has 1 aliphatic rings. The van der Waals surface area contributed by atoms with Gasteiger partial charge in [0.1, 0.15) is 22.5 Å². The Morgan fingerprint density at radius 1 is 1.16 bits per heavy atom. The van der Waals surface area contributed by atoms with Gasteiger partial charge >= 0.3 is 5.97 Å². The summed E-state index contributed by atoms with van der Waals surface area (Å²) in [7, 11) is 4.75. The molecule has 32 heavy (non-hydrogen) atoms. The number of benzene rings is 2. The van der Waals surface area contributed by atoms with Crippen molar-refractivity contribution in [3.8, 4) is 17.2 Å². The van der Waals surface area contributed by atoms with E-state index in [-0.39, 0.29) is 11.6 Å². The third-order valence-electron chi connectivity index (χ3n) is 4.31. The Morgan fingerprint density at radius 2 is 1.94 bits per heavy atom. The molecule has 3 rings (SSSR count). The van der Waals surface area contributed by atoms with Crippen molar-refractivity contribution in [3.63, 3.8) is 0 Å². The van der Waals surface area contributed by atoms with Crippen LogP contribution in [0.3, 0.4) is 0 Å². The van der Waals surface area contributed by atoms with E-state index >= 15 is 0 Å². The molecular formula is C21H21N3O6S2. The SMILES string of the molecule is COc1ccc(OC)c(Sc2cccc(OC)c2C=NN=C2NC(=O)C(CC(=O)O)S2)c1. The van der Waals surface area contributed by atoms with Crippen LogP contribution in [0.25, 0.3) is 0 Å². The van der Waals surface area contributed by atoms with E-state index in [0.29, 0.717) is 22.8 Å². The number of ether oxygens (including phenoxy) is 3. The number of rotatable bonds is 9. The molecule has 2 N–H and O–H groups in total. The van der Waals surface area contributed by atoms with Crippen LogP contribution >= 0.6 is 23.5 Å². The highest BCUT2D eigenvalue weighted by Crippen LogP contribution is 2.40. The molecule has 1 fully saturated rings. The van der Waals surface area contributed by atoms with E-state index < -0.39 is 17.1 Å². The van der Waals surface area contributed by atoms with Crippen LogP contribution in [0.2, 0.25) is 0 Å². The summed E-state index contributed by atoms with van der Waals surface area (Å²) in [4.78, 5) is 24.4.